The third-order valence-corrected chi connectivity index (χ3v) is 5.86. The van der Waals surface area contributed by atoms with E-state index in [2.05, 4.69) is 0 Å². The molecule has 2 aromatic carbocycles. The van der Waals surface area contributed by atoms with Crippen LogP contribution in [0, 0.1) is 0 Å². The van der Waals surface area contributed by atoms with E-state index in [-0.39, 0.29) is 16.7 Å². The molecule has 3 nitrogen and oxygen atoms in total. The zero-order valence-electron chi connectivity index (χ0n) is 14.5. The van der Waals surface area contributed by atoms with E-state index in [0.717, 1.165) is 16.7 Å². The fourth-order valence-electron chi connectivity index (χ4n) is 3.06. The van der Waals surface area contributed by atoms with Gasteiger partial charge in [0.25, 0.3) is 0 Å². The summed E-state index contributed by atoms with van der Waals surface area (Å²) in [5, 5.41) is 10.2. The molecule has 0 amide bonds. The summed E-state index contributed by atoms with van der Waals surface area (Å²) in [5.74, 6) is 0.229. The van der Waals surface area contributed by atoms with E-state index >= 15 is 0 Å². The van der Waals surface area contributed by atoms with Crippen LogP contribution in [-0.2, 0) is 11.2 Å². The van der Waals surface area contributed by atoms with Crippen molar-refractivity contribution in [3.8, 4) is 11.1 Å². The molecule has 0 saturated heterocycles. The highest BCUT2D eigenvalue weighted by molar-refractivity contribution is 8.15. The molecule has 0 radical (unpaired) electrons. The second kappa shape index (κ2) is 6.52. The Hall–Kier alpha value is -2.33. The highest BCUT2D eigenvalue weighted by atomic mass is 32.2. The van der Waals surface area contributed by atoms with Gasteiger partial charge in [0.15, 0.2) is 5.78 Å². The Bertz CT molecular complexity index is 880. The number of aliphatic hydroxyl groups excluding tert-OH is 1. The minimum Gasteiger partial charge on any atom is -0.510 e. The molecule has 4 heteroatoms. The van der Waals surface area contributed by atoms with Gasteiger partial charge in [0.2, 0.25) is 5.12 Å². The van der Waals surface area contributed by atoms with Gasteiger partial charge in [-0.1, -0.05) is 54.2 Å². The van der Waals surface area contributed by atoms with E-state index in [1.54, 1.807) is 13.8 Å². The summed E-state index contributed by atoms with van der Waals surface area (Å²) in [5.41, 5.74) is 4.22. The number of benzene rings is 2. The third-order valence-electron chi connectivity index (χ3n) is 4.58. The van der Waals surface area contributed by atoms with Crippen molar-refractivity contribution in [2.75, 3.05) is 0 Å². The molecule has 0 bridgehead atoms. The lowest BCUT2D eigenvalue weighted by Crippen LogP contribution is -2.23. The van der Waals surface area contributed by atoms with Gasteiger partial charge in [0, 0.05) is 11.1 Å². The Kier molecular flexibility index (Phi) is 4.56. The Morgan fingerprint density at radius 1 is 1.12 bits per heavy atom. The molecule has 1 aliphatic heterocycles. The minimum absolute atomic E-state index is 0.0481. The van der Waals surface area contributed by atoms with E-state index in [1.807, 2.05) is 55.5 Å². The fourth-order valence-corrected chi connectivity index (χ4v) is 4.21. The van der Waals surface area contributed by atoms with Gasteiger partial charge >= 0.3 is 0 Å². The molecule has 0 fully saturated rings. The molecule has 1 heterocycles. The van der Waals surface area contributed by atoms with E-state index in [9.17, 15) is 14.7 Å². The molecule has 3 rings (SSSR count). The Balaban J connectivity index is 1.83. The average Bonchev–Trinajstić information content (AvgIpc) is 2.78. The normalized spacial score (nSPS) is 20.2. The second-order valence-corrected chi connectivity index (χ2v) is 8.08. The molecular formula is C21H20O3S. The lowest BCUT2D eigenvalue weighted by atomic mass is 9.94. The van der Waals surface area contributed by atoms with Gasteiger partial charge in [-0.25, -0.2) is 0 Å². The van der Waals surface area contributed by atoms with Crippen LogP contribution in [0.15, 0.2) is 59.9 Å². The van der Waals surface area contributed by atoms with Crippen LogP contribution >= 0.6 is 11.8 Å². The van der Waals surface area contributed by atoms with Crippen LogP contribution in [0.2, 0.25) is 0 Å². The second-order valence-electron chi connectivity index (χ2n) is 6.60. The topological polar surface area (TPSA) is 54.4 Å². The van der Waals surface area contributed by atoms with Crippen LogP contribution in [0.1, 0.15) is 36.7 Å². The van der Waals surface area contributed by atoms with Crippen LogP contribution < -0.4 is 0 Å². The molecule has 0 saturated carbocycles. The first-order valence-corrected chi connectivity index (χ1v) is 8.96. The molecule has 0 aliphatic carbocycles. The quantitative estimate of drug-likeness (QED) is 0.790. The van der Waals surface area contributed by atoms with Gasteiger partial charge < -0.3 is 5.11 Å². The Morgan fingerprint density at radius 3 is 2.36 bits per heavy atom. The van der Waals surface area contributed by atoms with Gasteiger partial charge in [-0.2, -0.15) is 0 Å². The summed E-state index contributed by atoms with van der Waals surface area (Å²) in [4.78, 5) is 23.4. The molecule has 25 heavy (non-hydrogen) atoms. The summed E-state index contributed by atoms with van der Waals surface area (Å²) in [7, 11) is 0. The summed E-state index contributed by atoms with van der Waals surface area (Å²) in [6.45, 7) is 5.12. The van der Waals surface area contributed by atoms with Crippen LogP contribution in [0.3, 0.4) is 0 Å². The molecule has 0 spiro atoms. The number of carbonyl (C=O) groups excluding carboxylic acids is 2. The molecule has 1 unspecified atom stereocenters. The summed E-state index contributed by atoms with van der Waals surface area (Å²) >= 11 is 1.18. The Morgan fingerprint density at radius 2 is 1.80 bits per heavy atom. The van der Waals surface area contributed by atoms with Crippen LogP contribution in [0.25, 0.3) is 11.1 Å². The number of Topliss-reactive ketones (excluding diaryl/α,β-unsaturated/α-hetero) is 1. The molecule has 1 aliphatic rings. The number of hydrogen-bond donors (Lipinski definition) is 1. The summed E-state index contributed by atoms with van der Waals surface area (Å²) in [6.07, 6.45) is 0.584. The maximum Gasteiger partial charge on any atom is 0.219 e. The van der Waals surface area contributed by atoms with Crippen molar-refractivity contribution in [1.29, 1.82) is 0 Å². The average molecular weight is 352 g/mol. The third kappa shape index (κ3) is 3.40. The van der Waals surface area contributed by atoms with Gasteiger partial charge in [0.1, 0.15) is 5.76 Å². The number of thioether (sulfide) groups is 1. The SMILES string of the molecule is CC(=O)c1cccc(-c2ccc(CC3(C)SC(=O)C(C)=C3O)cc2)c1. The minimum atomic E-state index is -0.600. The number of carbonyl (C=O) groups is 2. The smallest absolute Gasteiger partial charge is 0.219 e. The van der Waals surface area contributed by atoms with Crippen molar-refractivity contribution in [3.05, 3.63) is 71.0 Å². The van der Waals surface area contributed by atoms with E-state index in [1.165, 1.54) is 11.8 Å². The first kappa shape index (κ1) is 17.5. The maximum atomic E-state index is 11.8. The van der Waals surface area contributed by atoms with Gasteiger partial charge in [-0.05, 0) is 49.9 Å². The summed E-state index contributed by atoms with van der Waals surface area (Å²) in [6, 6.07) is 15.6. The molecule has 1 atom stereocenters. The number of ketones is 1. The predicted molar refractivity (Wildman–Crippen MR) is 102 cm³/mol. The lowest BCUT2D eigenvalue weighted by Gasteiger charge is -2.22. The molecule has 128 valence electrons. The number of aliphatic hydroxyl groups is 1. The van der Waals surface area contributed by atoms with Crippen molar-refractivity contribution >= 4 is 22.7 Å². The predicted octanol–water partition coefficient (Wildman–Crippen LogP) is 4.96. The highest BCUT2D eigenvalue weighted by Crippen LogP contribution is 2.44. The zero-order chi connectivity index (χ0) is 18.2. The van der Waals surface area contributed by atoms with Crippen LogP contribution in [0.4, 0.5) is 0 Å². The van der Waals surface area contributed by atoms with E-state index < -0.39 is 4.75 Å². The van der Waals surface area contributed by atoms with Crippen LogP contribution in [0.5, 0.6) is 0 Å². The van der Waals surface area contributed by atoms with Gasteiger partial charge in [-0.15, -0.1) is 0 Å². The Labute approximate surface area is 151 Å². The number of rotatable bonds is 4. The highest BCUT2D eigenvalue weighted by Gasteiger charge is 2.41. The van der Waals surface area contributed by atoms with Gasteiger partial charge in [0.05, 0.1) is 4.75 Å². The molecule has 0 aromatic heterocycles. The zero-order valence-corrected chi connectivity index (χ0v) is 15.3. The standard InChI is InChI=1S/C21H20O3S/c1-13-19(23)21(3,25-20(13)24)12-15-7-9-16(10-8-15)18-6-4-5-17(11-18)14(2)22/h4-11,23H,12H2,1-3H3. The molecule has 1 N–H and O–H groups in total. The molecule has 2 aromatic rings. The van der Waals surface area contributed by atoms with E-state index in [0.29, 0.717) is 17.6 Å². The first-order valence-electron chi connectivity index (χ1n) is 8.14. The maximum absolute atomic E-state index is 11.8. The lowest BCUT2D eigenvalue weighted by molar-refractivity contribution is -0.107. The van der Waals surface area contributed by atoms with Crippen LogP contribution in [-0.4, -0.2) is 20.8 Å². The van der Waals surface area contributed by atoms with Crippen molar-refractivity contribution in [2.24, 2.45) is 0 Å². The number of hydrogen-bond acceptors (Lipinski definition) is 4. The van der Waals surface area contributed by atoms with Crippen molar-refractivity contribution in [3.63, 3.8) is 0 Å². The monoisotopic (exact) mass is 352 g/mol. The van der Waals surface area contributed by atoms with Crippen molar-refractivity contribution < 1.29 is 14.7 Å². The molecular weight excluding hydrogens is 332 g/mol. The van der Waals surface area contributed by atoms with Gasteiger partial charge in [-0.3, -0.25) is 9.59 Å². The van der Waals surface area contributed by atoms with Crippen molar-refractivity contribution in [2.45, 2.75) is 31.9 Å². The van der Waals surface area contributed by atoms with E-state index in [4.69, 9.17) is 0 Å². The fraction of sp³-hybridized carbons (Fsp3) is 0.238. The largest absolute Gasteiger partial charge is 0.510 e. The first-order chi connectivity index (χ1) is 11.8. The summed E-state index contributed by atoms with van der Waals surface area (Å²) < 4.78 is -0.600. The van der Waals surface area contributed by atoms with Crippen molar-refractivity contribution in [1.82, 2.24) is 0 Å².